The summed E-state index contributed by atoms with van der Waals surface area (Å²) in [6.07, 6.45) is 1.06. The minimum absolute atomic E-state index is 0.125. The number of rotatable bonds is 2. The van der Waals surface area contributed by atoms with E-state index in [1.54, 1.807) is 0 Å². The Hall–Kier alpha value is -1.60. The molecule has 0 bridgehead atoms. The molecule has 0 atom stereocenters. The summed E-state index contributed by atoms with van der Waals surface area (Å²) in [6, 6.07) is -0.833. The molecule has 0 heterocycles. The first kappa shape index (κ1) is 17.5. The van der Waals surface area contributed by atoms with Crippen LogP contribution in [0.1, 0.15) is 0 Å². The van der Waals surface area contributed by atoms with Gasteiger partial charge in [0, 0.05) is 0 Å². The normalized spacial score (nSPS) is 6.62. The first-order valence-corrected chi connectivity index (χ1v) is 3.10. The highest BCUT2D eigenvalue weighted by Gasteiger charge is 1.69. The third-order valence-electron chi connectivity index (χ3n) is 0.301. The molecular formula is C6H15N3O4. The average molecular weight is 193 g/mol. The number of carbonyl (C=O) groups excluding carboxylic acids is 2. The van der Waals surface area contributed by atoms with Gasteiger partial charge in [0.15, 0.2) is 0 Å². The fourth-order valence-corrected chi connectivity index (χ4v) is 0. The minimum Gasteiger partial charge on any atom is -0.394 e. The Kier molecular flexibility index (Phi) is 22.6. The van der Waals surface area contributed by atoms with E-state index in [1.807, 2.05) is 0 Å². The van der Waals surface area contributed by atoms with Gasteiger partial charge in [-0.2, -0.15) is 0 Å². The van der Waals surface area contributed by atoms with Crippen LogP contribution in [-0.2, 0) is 4.79 Å². The molecule has 0 aliphatic carbocycles. The number of aliphatic hydroxyl groups excluding tert-OH is 2. The number of urea groups is 1. The molecule has 0 saturated heterocycles. The van der Waals surface area contributed by atoms with Gasteiger partial charge in [-0.3, -0.25) is 4.79 Å². The molecule has 0 spiro atoms. The van der Waals surface area contributed by atoms with Crippen LogP contribution in [0.4, 0.5) is 4.79 Å². The molecule has 0 radical (unpaired) electrons. The van der Waals surface area contributed by atoms with Gasteiger partial charge in [-0.05, 0) is 6.08 Å². The Bertz CT molecular complexity index is 143. The number of carbonyl (C=O) groups is 2. The molecule has 78 valence electrons. The number of amides is 3. The van der Waals surface area contributed by atoms with Crippen LogP contribution in [0.25, 0.3) is 0 Å². The molecule has 0 aromatic carbocycles. The summed E-state index contributed by atoms with van der Waals surface area (Å²) in [6.45, 7) is 2.84. The Balaban J connectivity index is -0.000000117. The summed E-state index contributed by atoms with van der Waals surface area (Å²) in [4.78, 5) is 18.5. The Morgan fingerprint density at radius 3 is 1.31 bits per heavy atom. The molecule has 13 heavy (non-hydrogen) atoms. The number of aliphatic hydroxyl groups is 2. The van der Waals surface area contributed by atoms with Gasteiger partial charge in [0.2, 0.25) is 5.91 Å². The van der Waals surface area contributed by atoms with E-state index in [0.717, 1.165) is 6.08 Å². The zero-order chi connectivity index (χ0) is 11.3. The Morgan fingerprint density at radius 1 is 1.15 bits per heavy atom. The maximum absolute atomic E-state index is 9.47. The summed E-state index contributed by atoms with van der Waals surface area (Å²) in [5.74, 6) is -0.481. The second-order valence-corrected chi connectivity index (χ2v) is 1.46. The standard InChI is InChI=1S/C3H5NO.C2H6O2.CH4N2O/c1-2-3(4)5;3-1-2-4;2-1(3)4/h2H,1H2,(H2,4,5);3-4H,1-2H2;(H4,2,3,4). The quantitative estimate of drug-likeness (QED) is 0.311. The lowest BCUT2D eigenvalue weighted by atomic mass is 10.6. The number of hydrogen-bond donors (Lipinski definition) is 5. The highest BCUT2D eigenvalue weighted by molar-refractivity contribution is 5.84. The molecule has 0 aliphatic rings. The van der Waals surface area contributed by atoms with Gasteiger partial charge < -0.3 is 27.4 Å². The van der Waals surface area contributed by atoms with Gasteiger partial charge in [0.1, 0.15) is 0 Å². The first-order valence-electron chi connectivity index (χ1n) is 3.10. The number of hydrogen-bond acceptors (Lipinski definition) is 4. The van der Waals surface area contributed by atoms with Crippen LogP contribution in [0.2, 0.25) is 0 Å². The van der Waals surface area contributed by atoms with Crippen LogP contribution in [0.5, 0.6) is 0 Å². The zero-order valence-electron chi connectivity index (χ0n) is 7.14. The van der Waals surface area contributed by atoms with E-state index in [2.05, 4.69) is 23.8 Å². The van der Waals surface area contributed by atoms with E-state index in [0.29, 0.717) is 0 Å². The van der Waals surface area contributed by atoms with Crippen molar-refractivity contribution in [3.63, 3.8) is 0 Å². The van der Waals surface area contributed by atoms with Gasteiger partial charge in [-0.25, -0.2) is 4.79 Å². The molecule has 0 aliphatic heterocycles. The lowest BCUT2D eigenvalue weighted by molar-refractivity contribution is -0.113. The van der Waals surface area contributed by atoms with E-state index >= 15 is 0 Å². The number of primary amides is 3. The predicted molar refractivity (Wildman–Crippen MR) is 47.3 cm³/mol. The predicted octanol–water partition coefficient (Wildman–Crippen LogP) is -2.35. The maximum atomic E-state index is 9.47. The molecule has 0 saturated carbocycles. The van der Waals surface area contributed by atoms with E-state index in [9.17, 15) is 4.79 Å². The molecule has 7 nitrogen and oxygen atoms in total. The van der Waals surface area contributed by atoms with E-state index in [1.165, 1.54) is 0 Å². The van der Waals surface area contributed by atoms with Gasteiger partial charge in [-0.15, -0.1) is 0 Å². The molecule has 8 N–H and O–H groups in total. The maximum Gasteiger partial charge on any atom is 0.309 e. The Labute approximate surface area is 75.8 Å². The zero-order valence-corrected chi connectivity index (χ0v) is 7.14. The molecule has 0 aromatic rings. The third kappa shape index (κ3) is 374. The van der Waals surface area contributed by atoms with Crippen LogP contribution < -0.4 is 17.2 Å². The monoisotopic (exact) mass is 193 g/mol. The van der Waals surface area contributed by atoms with E-state index < -0.39 is 11.9 Å². The van der Waals surface area contributed by atoms with Gasteiger partial charge >= 0.3 is 6.03 Å². The molecular weight excluding hydrogens is 178 g/mol. The molecule has 0 rings (SSSR count). The van der Waals surface area contributed by atoms with Crippen LogP contribution in [-0.4, -0.2) is 35.4 Å². The summed E-state index contributed by atoms with van der Waals surface area (Å²) in [5.41, 5.74) is 13.0. The molecule has 0 aromatic heterocycles. The topological polar surface area (TPSA) is 153 Å². The second-order valence-electron chi connectivity index (χ2n) is 1.46. The molecule has 7 heteroatoms. The van der Waals surface area contributed by atoms with Gasteiger partial charge in [0.05, 0.1) is 13.2 Å². The van der Waals surface area contributed by atoms with Crippen LogP contribution in [0.3, 0.4) is 0 Å². The fraction of sp³-hybridized carbons (Fsp3) is 0.333. The van der Waals surface area contributed by atoms with Crippen molar-refractivity contribution in [3.8, 4) is 0 Å². The summed E-state index contributed by atoms with van der Waals surface area (Å²) >= 11 is 0. The van der Waals surface area contributed by atoms with Crippen molar-refractivity contribution in [1.29, 1.82) is 0 Å². The van der Waals surface area contributed by atoms with Crippen LogP contribution >= 0.6 is 0 Å². The van der Waals surface area contributed by atoms with Gasteiger partial charge in [0.25, 0.3) is 0 Å². The second kappa shape index (κ2) is 16.8. The number of nitrogens with two attached hydrogens (primary N) is 3. The van der Waals surface area contributed by atoms with E-state index in [-0.39, 0.29) is 13.2 Å². The first-order chi connectivity index (χ1) is 5.92. The summed E-state index contributed by atoms with van der Waals surface area (Å²) in [7, 11) is 0. The average Bonchev–Trinajstić information content (AvgIpc) is 2.04. The lowest BCUT2D eigenvalue weighted by Crippen LogP contribution is -2.18. The Morgan fingerprint density at radius 2 is 1.31 bits per heavy atom. The van der Waals surface area contributed by atoms with Crippen molar-refractivity contribution in [2.45, 2.75) is 0 Å². The minimum atomic E-state index is -0.833. The summed E-state index contributed by atoms with van der Waals surface area (Å²) < 4.78 is 0. The smallest absolute Gasteiger partial charge is 0.309 e. The van der Waals surface area contributed by atoms with Crippen LogP contribution in [0.15, 0.2) is 12.7 Å². The van der Waals surface area contributed by atoms with Crippen LogP contribution in [0, 0.1) is 0 Å². The van der Waals surface area contributed by atoms with Gasteiger partial charge in [-0.1, -0.05) is 6.58 Å². The highest BCUT2D eigenvalue weighted by atomic mass is 16.3. The van der Waals surface area contributed by atoms with Crippen molar-refractivity contribution >= 4 is 11.9 Å². The summed E-state index contributed by atoms with van der Waals surface area (Å²) in [5, 5.41) is 15.2. The third-order valence-corrected chi connectivity index (χ3v) is 0.301. The molecule has 3 amide bonds. The van der Waals surface area contributed by atoms with Crippen molar-refractivity contribution in [2.75, 3.05) is 13.2 Å². The van der Waals surface area contributed by atoms with Crippen molar-refractivity contribution < 1.29 is 19.8 Å². The molecule has 0 fully saturated rings. The largest absolute Gasteiger partial charge is 0.394 e. The molecule has 0 unspecified atom stereocenters. The highest BCUT2D eigenvalue weighted by Crippen LogP contribution is 1.48. The van der Waals surface area contributed by atoms with Crippen molar-refractivity contribution in [1.82, 2.24) is 0 Å². The van der Waals surface area contributed by atoms with E-state index in [4.69, 9.17) is 15.0 Å². The van der Waals surface area contributed by atoms with Crippen molar-refractivity contribution in [3.05, 3.63) is 12.7 Å². The van der Waals surface area contributed by atoms with Crippen molar-refractivity contribution in [2.24, 2.45) is 17.2 Å². The fourth-order valence-electron chi connectivity index (χ4n) is 0. The SMILES string of the molecule is C=CC(N)=O.NC(N)=O.OCCO. The lowest BCUT2D eigenvalue weighted by Gasteiger charge is -1.70.